The molecule has 0 saturated carbocycles. The van der Waals surface area contributed by atoms with Gasteiger partial charge >= 0.3 is 18.9 Å². The van der Waals surface area contributed by atoms with Crippen molar-refractivity contribution in [1.29, 1.82) is 0 Å². The SMILES string of the molecule is Cc1c(O)cccc1S(=O)(=O)O.[H-].[Li+]. The van der Waals surface area contributed by atoms with Crippen LogP contribution in [0.2, 0.25) is 0 Å². The first kappa shape index (κ1) is 12.5. The third kappa shape index (κ3) is 2.74. The summed E-state index contributed by atoms with van der Waals surface area (Å²) < 4.78 is 30.0. The molecule has 0 atom stereocenters. The Morgan fingerprint density at radius 1 is 1.38 bits per heavy atom. The Morgan fingerprint density at radius 2 is 1.92 bits per heavy atom. The fourth-order valence-electron chi connectivity index (χ4n) is 0.882. The maximum Gasteiger partial charge on any atom is 1.00 e. The van der Waals surface area contributed by atoms with E-state index in [1.807, 2.05) is 0 Å². The molecule has 0 radical (unpaired) electrons. The van der Waals surface area contributed by atoms with Crippen molar-refractivity contribution in [3.63, 3.8) is 0 Å². The number of hydrogen-bond donors (Lipinski definition) is 2. The van der Waals surface area contributed by atoms with Crippen LogP contribution in [0.15, 0.2) is 23.1 Å². The van der Waals surface area contributed by atoms with Crippen molar-refractivity contribution in [3.8, 4) is 5.75 Å². The second-order valence-electron chi connectivity index (χ2n) is 2.38. The molecule has 0 aliphatic heterocycles. The van der Waals surface area contributed by atoms with Gasteiger partial charge in [0.25, 0.3) is 10.1 Å². The van der Waals surface area contributed by atoms with Gasteiger partial charge in [-0.05, 0) is 19.1 Å². The van der Waals surface area contributed by atoms with Gasteiger partial charge in [-0.25, -0.2) is 0 Å². The molecule has 0 heterocycles. The molecule has 1 aromatic carbocycles. The van der Waals surface area contributed by atoms with Gasteiger partial charge in [0.05, 0.1) is 0 Å². The van der Waals surface area contributed by atoms with E-state index in [0.29, 0.717) is 0 Å². The van der Waals surface area contributed by atoms with Crippen LogP contribution in [0.1, 0.15) is 6.99 Å². The van der Waals surface area contributed by atoms with Gasteiger partial charge in [-0.1, -0.05) is 6.07 Å². The van der Waals surface area contributed by atoms with Crippen molar-refractivity contribution >= 4 is 10.1 Å². The Labute approximate surface area is 90.0 Å². The van der Waals surface area contributed by atoms with Crippen LogP contribution in [0.25, 0.3) is 0 Å². The van der Waals surface area contributed by atoms with Gasteiger partial charge in [-0.2, -0.15) is 8.42 Å². The van der Waals surface area contributed by atoms with Crippen molar-refractivity contribution in [3.05, 3.63) is 23.8 Å². The zero-order valence-electron chi connectivity index (χ0n) is 8.35. The molecule has 0 unspecified atom stereocenters. The first-order valence-electron chi connectivity index (χ1n) is 3.19. The summed E-state index contributed by atoms with van der Waals surface area (Å²) in [5, 5.41) is 9.09. The van der Waals surface area contributed by atoms with Crippen molar-refractivity contribution in [2.45, 2.75) is 11.8 Å². The number of hydrogen-bond acceptors (Lipinski definition) is 3. The number of phenols is 1. The van der Waals surface area contributed by atoms with Crippen LogP contribution in [0, 0.1) is 6.92 Å². The van der Waals surface area contributed by atoms with Gasteiger partial charge in [0.2, 0.25) is 0 Å². The molecular formula is C7H9LiO4S. The summed E-state index contributed by atoms with van der Waals surface area (Å²) >= 11 is 0. The molecule has 6 heteroatoms. The minimum absolute atomic E-state index is 0. The normalized spacial score (nSPS) is 10.6. The van der Waals surface area contributed by atoms with Crippen molar-refractivity contribution in [1.82, 2.24) is 0 Å². The number of rotatable bonds is 1. The average molecular weight is 196 g/mol. The Hall–Kier alpha value is -0.473. The molecule has 0 bridgehead atoms. The van der Waals surface area contributed by atoms with E-state index in [2.05, 4.69) is 0 Å². The van der Waals surface area contributed by atoms with Gasteiger partial charge in [0.15, 0.2) is 0 Å². The van der Waals surface area contributed by atoms with Gasteiger partial charge in [0, 0.05) is 5.56 Å². The van der Waals surface area contributed by atoms with Gasteiger partial charge in [-0.3, -0.25) is 4.55 Å². The molecule has 0 aromatic heterocycles. The minimum atomic E-state index is -4.22. The maximum atomic E-state index is 10.7. The van der Waals surface area contributed by atoms with E-state index >= 15 is 0 Å². The first-order valence-corrected chi connectivity index (χ1v) is 4.63. The molecule has 68 valence electrons. The van der Waals surface area contributed by atoms with E-state index in [-0.39, 0.29) is 36.5 Å². The summed E-state index contributed by atoms with van der Waals surface area (Å²) in [6.07, 6.45) is 0. The third-order valence-electron chi connectivity index (χ3n) is 1.53. The summed E-state index contributed by atoms with van der Waals surface area (Å²) in [6, 6.07) is 3.93. The first-order chi connectivity index (χ1) is 5.43. The summed E-state index contributed by atoms with van der Waals surface area (Å²) in [7, 11) is -4.22. The molecule has 0 aliphatic carbocycles. The van der Waals surface area contributed by atoms with E-state index in [9.17, 15) is 8.42 Å². The van der Waals surface area contributed by atoms with Gasteiger partial charge < -0.3 is 6.53 Å². The zero-order valence-corrected chi connectivity index (χ0v) is 8.17. The molecule has 0 fully saturated rings. The predicted molar refractivity (Wildman–Crippen MR) is 43.8 cm³/mol. The molecule has 0 spiro atoms. The Kier molecular flexibility index (Phi) is 4.01. The smallest absolute Gasteiger partial charge is 1.00 e. The van der Waals surface area contributed by atoms with Crippen LogP contribution in [0.4, 0.5) is 0 Å². The number of benzene rings is 1. The molecule has 4 nitrogen and oxygen atoms in total. The van der Waals surface area contributed by atoms with Crippen LogP contribution in [-0.2, 0) is 10.1 Å². The Balaban J connectivity index is 0. The van der Waals surface area contributed by atoms with Crippen molar-refractivity contribution in [2.75, 3.05) is 0 Å². The molecule has 0 saturated heterocycles. The van der Waals surface area contributed by atoms with Gasteiger partial charge in [0.1, 0.15) is 10.6 Å². The molecule has 0 aliphatic rings. The molecule has 1 aromatic rings. The van der Waals surface area contributed by atoms with E-state index in [1.54, 1.807) is 0 Å². The Morgan fingerprint density at radius 3 is 2.31 bits per heavy atom. The zero-order chi connectivity index (χ0) is 9.35. The molecule has 2 N–H and O–H groups in total. The van der Waals surface area contributed by atoms with Crippen LogP contribution in [0.3, 0.4) is 0 Å². The van der Waals surface area contributed by atoms with Crippen LogP contribution in [-0.4, -0.2) is 18.1 Å². The van der Waals surface area contributed by atoms with Crippen molar-refractivity contribution in [2.24, 2.45) is 0 Å². The maximum absolute atomic E-state index is 10.7. The topological polar surface area (TPSA) is 74.6 Å². The molecular weight excluding hydrogens is 187 g/mol. The Bertz CT molecular complexity index is 404. The number of phenolic OH excluding ortho intramolecular Hbond substituents is 1. The monoisotopic (exact) mass is 196 g/mol. The standard InChI is InChI=1S/C7H8O4S.Li.H/c1-5-6(8)3-2-4-7(5)12(9,10)11;;/h2-4,8H,1H3,(H,9,10,11);;/q;+1;-1. The van der Waals surface area contributed by atoms with E-state index in [1.165, 1.54) is 25.1 Å². The van der Waals surface area contributed by atoms with E-state index < -0.39 is 10.1 Å². The number of aromatic hydroxyl groups is 1. The predicted octanol–water partition coefficient (Wildman–Crippen LogP) is -1.94. The quantitative estimate of drug-likeness (QED) is 0.405. The summed E-state index contributed by atoms with van der Waals surface area (Å²) in [4.78, 5) is -0.262. The minimum Gasteiger partial charge on any atom is -1.00 e. The van der Waals surface area contributed by atoms with E-state index in [4.69, 9.17) is 9.66 Å². The van der Waals surface area contributed by atoms with Gasteiger partial charge in [-0.15, -0.1) is 0 Å². The largest absolute Gasteiger partial charge is 1.00 e. The molecule has 0 amide bonds. The van der Waals surface area contributed by atoms with E-state index in [0.717, 1.165) is 0 Å². The second kappa shape index (κ2) is 4.16. The fourth-order valence-corrected chi connectivity index (χ4v) is 1.62. The summed E-state index contributed by atoms with van der Waals surface area (Å²) in [5.41, 5.74) is 0.153. The second-order valence-corrected chi connectivity index (χ2v) is 3.77. The average Bonchev–Trinajstić information content (AvgIpc) is 1.92. The van der Waals surface area contributed by atoms with Crippen LogP contribution < -0.4 is 18.9 Å². The van der Waals surface area contributed by atoms with Crippen LogP contribution >= 0.6 is 0 Å². The molecule has 13 heavy (non-hydrogen) atoms. The van der Waals surface area contributed by atoms with Crippen LogP contribution in [0.5, 0.6) is 5.75 Å². The fraction of sp³-hybridized carbons (Fsp3) is 0.143. The van der Waals surface area contributed by atoms with Crippen molar-refractivity contribution < 1.29 is 38.4 Å². The molecule has 1 rings (SSSR count). The summed E-state index contributed by atoms with van der Waals surface area (Å²) in [5.74, 6) is -0.148. The third-order valence-corrected chi connectivity index (χ3v) is 2.53. The summed E-state index contributed by atoms with van der Waals surface area (Å²) in [6.45, 7) is 1.42.